The lowest BCUT2D eigenvalue weighted by Gasteiger charge is -2.14. The van der Waals surface area contributed by atoms with Gasteiger partial charge in [0.1, 0.15) is 0 Å². The van der Waals surface area contributed by atoms with Gasteiger partial charge in [-0.15, -0.1) is 0 Å². The third-order valence-corrected chi connectivity index (χ3v) is 3.42. The van der Waals surface area contributed by atoms with Crippen LogP contribution in [0.4, 0.5) is 0 Å². The van der Waals surface area contributed by atoms with Gasteiger partial charge in [-0.2, -0.15) is 0 Å². The first-order chi connectivity index (χ1) is 9.08. The van der Waals surface area contributed by atoms with Gasteiger partial charge in [-0.1, -0.05) is 28.1 Å². The quantitative estimate of drug-likeness (QED) is 0.938. The molecule has 1 aromatic heterocycles. The minimum atomic E-state index is -0.118. The summed E-state index contributed by atoms with van der Waals surface area (Å²) in [5, 5.41) is 2.96. The Kier molecular flexibility index (Phi) is 4.32. The van der Waals surface area contributed by atoms with E-state index >= 15 is 0 Å². The number of carbonyl (C=O) groups excluding carboxylic acids is 1. The van der Waals surface area contributed by atoms with E-state index in [9.17, 15) is 4.79 Å². The molecule has 0 aliphatic carbocycles. The molecule has 0 saturated carbocycles. The summed E-state index contributed by atoms with van der Waals surface area (Å²) in [5.74, 6) is -0.0862. The minimum absolute atomic E-state index is 0.0862. The number of nitrogens with zero attached hydrogens (tertiary/aromatic N) is 1. The van der Waals surface area contributed by atoms with Crippen molar-refractivity contribution in [3.63, 3.8) is 0 Å². The fourth-order valence-electron chi connectivity index (χ4n) is 1.82. The molecular formula is C15H15BrN2O. The summed E-state index contributed by atoms with van der Waals surface area (Å²) in [6.45, 7) is 3.85. The molecule has 0 fully saturated rings. The van der Waals surface area contributed by atoms with E-state index in [0.717, 1.165) is 15.7 Å². The smallest absolute Gasteiger partial charge is 0.252 e. The highest BCUT2D eigenvalue weighted by molar-refractivity contribution is 9.10. The summed E-state index contributed by atoms with van der Waals surface area (Å²) < 4.78 is 0.897. The van der Waals surface area contributed by atoms with Crippen LogP contribution in [0.2, 0.25) is 0 Å². The van der Waals surface area contributed by atoms with Gasteiger partial charge in [0.05, 0.1) is 11.7 Å². The SMILES string of the molecule is Cc1ccc(Br)cc1C(=O)NC(C)c1ccccn1. The highest BCUT2D eigenvalue weighted by Gasteiger charge is 2.14. The Morgan fingerprint density at radius 1 is 1.32 bits per heavy atom. The summed E-state index contributed by atoms with van der Waals surface area (Å²) in [4.78, 5) is 16.5. The molecule has 0 bridgehead atoms. The van der Waals surface area contributed by atoms with Crippen LogP contribution in [0, 0.1) is 6.92 Å². The molecule has 0 spiro atoms. The Labute approximate surface area is 121 Å². The molecule has 4 heteroatoms. The third kappa shape index (κ3) is 3.41. The maximum absolute atomic E-state index is 12.2. The second-order valence-corrected chi connectivity index (χ2v) is 5.32. The van der Waals surface area contributed by atoms with Gasteiger partial charge in [0, 0.05) is 16.2 Å². The molecule has 0 aliphatic rings. The third-order valence-electron chi connectivity index (χ3n) is 2.92. The van der Waals surface area contributed by atoms with E-state index in [1.165, 1.54) is 0 Å². The van der Waals surface area contributed by atoms with E-state index in [0.29, 0.717) is 5.56 Å². The number of pyridine rings is 1. The maximum Gasteiger partial charge on any atom is 0.252 e. The van der Waals surface area contributed by atoms with Crippen LogP contribution in [-0.2, 0) is 0 Å². The largest absolute Gasteiger partial charge is 0.344 e. The van der Waals surface area contributed by atoms with Gasteiger partial charge in [-0.25, -0.2) is 0 Å². The van der Waals surface area contributed by atoms with E-state index in [2.05, 4.69) is 26.2 Å². The number of amides is 1. The number of rotatable bonds is 3. The van der Waals surface area contributed by atoms with E-state index in [4.69, 9.17) is 0 Å². The highest BCUT2D eigenvalue weighted by Crippen LogP contribution is 2.17. The average molecular weight is 319 g/mol. The van der Waals surface area contributed by atoms with Gasteiger partial charge in [0.25, 0.3) is 5.91 Å². The molecule has 1 N–H and O–H groups in total. The molecule has 2 rings (SSSR count). The number of hydrogen-bond donors (Lipinski definition) is 1. The summed E-state index contributed by atoms with van der Waals surface area (Å²) in [7, 11) is 0. The Morgan fingerprint density at radius 2 is 2.11 bits per heavy atom. The Hall–Kier alpha value is -1.68. The standard InChI is InChI=1S/C15H15BrN2O/c1-10-6-7-12(16)9-13(10)15(19)18-11(2)14-5-3-4-8-17-14/h3-9,11H,1-2H3,(H,18,19). The molecule has 19 heavy (non-hydrogen) atoms. The number of aryl methyl sites for hydroxylation is 1. The summed E-state index contributed by atoms with van der Waals surface area (Å²) in [6, 6.07) is 11.2. The van der Waals surface area contributed by atoms with Crippen molar-refractivity contribution < 1.29 is 4.79 Å². The second-order valence-electron chi connectivity index (χ2n) is 4.41. The van der Waals surface area contributed by atoms with Crippen LogP contribution >= 0.6 is 15.9 Å². The summed E-state index contributed by atoms with van der Waals surface area (Å²) >= 11 is 3.38. The zero-order chi connectivity index (χ0) is 13.8. The van der Waals surface area contributed by atoms with Gasteiger partial charge < -0.3 is 5.32 Å². The van der Waals surface area contributed by atoms with Crippen LogP contribution in [0.25, 0.3) is 0 Å². The van der Waals surface area contributed by atoms with E-state index in [1.807, 2.05) is 50.2 Å². The molecule has 0 aliphatic heterocycles. The van der Waals surface area contributed by atoms with Crippen molar-refractivity contribution in [1.29, 1.82) is 0 Å². The van der Waals surface area contributed by atoms with Crippen LogP contribution in [0.15, 0.2) is 47.1 Å². The van der Waals surface area contributed by atoms with Crippen molar-refractivity contribution in [3.05, 3.63) is 63.9 Å². The predicted molar refractivity (Wildman–Crippen MR) is 79.0 cm³/mol. The molecule has 1 amide bonds. The van der Waals surface area contributed by atoms with Crippen molar-refractivity contribution >= 4 is 21.8 Å². The lowest BCUT2D eigenvalue weighted by Crippen LogP contribution is -2.27. The fraction of sp³-hybridized carbons (Fsp3) is 0.200. The number of hydrogen-bond acceptors (Lipinski definition) is 2. The molecule has 0 radical (unpaired) electrons. The number of aromatic nitrogens is 1. The van der Waals surface area contributed by atoms with Gasteiger partial charge >= 0.3 is 0 Å². The van der Waals surface area contributed by atoms with E-state index < -0.39 is 0 Å². The van der Waals surface area contributed by atoms with Crippen molar-refractivity contribution in [2.24, 2.45) is 0 Å². The molecule has 3 nitrogen and oxygen atoms in total. The molecule has 98 valence electrons. The lowest BCUT2D eigenvalue weighted by atomic mass is 10.1. The summed E-state index contributed by atoms with van der Waals surface area (Å²) in [6.07, 6.45) is 1.72. The van der Waals surface area contributed by atoms with Crippen molar-refractivity contribution in [2.45, 2.75) is 19.9 Å². The topological polar surface area (TPSA) is 42.0 Å². The Morgan fingerprint density at radius 3 is 2.79 bits per heavy atom. The zero-order valence-corrected chi connectivity index (χ0v) is 12.4. The van der Waals surface area contributed by atoms with Crippen molar-refractivity contribution in [1.82, 2.24) is 10.3 Å². The molecule has 1 aromatic carbocycles. The molecule has 2 aromatic rings. The number of nitrogens with one attached hydrogen (secondary N) is 1. The Bertz CT molecular complexity index is 584. The highest BCUT2D eigenvalue weighted by atomic mass is 79.9. The van der Waals surface area contributed by atoms with Crippen LogP contribution in [0.5, 0.6) is 0 Å². The first-order valence-corrected chi connectivity index (χ1v) is 6.85. The van der Waals surface area contributed by atoms with Gasteiger partial charge in [0.15, 0.2) is 0 Å². The fourth-order valence-corrected chi connectivity index (χ4v) is 2.18. The maximum atomic E-state index is 12.2. The second kappa shape index (κ2) is 5.97. The average Bonchev–Trinajstić information content (AvgIpc) is 2.42. The molecule has 1 heterocycles. The molecule has 0 saturated heterocycles. The predicted octanol–water partition coefficient (Wildman–Crippen LogP) is 3.64. The van der Waals surface area contributed by atoms with Crippen LogP contribution in [0.3, 0.4) is 0 Å². The zero-order valence-electron chi connectivity index (χ0n) is 10.9. The monoisotopic (exact) mass is 318 g/mol. The summed E-state index contributed by atoms with van der Waals surface area (Å²) in [5.41, 5.74) is 2.48. The molecule has 1 atom stereocenters. The van der Waals surface area contributed by atoms with Gasteiger partial charge in [0.2, 0.25) is 0 Å². The van der Waals surface area contributed by atoms with Gasteiger partial charge in [-0.05, 0) is 43.7 Å². The van der Waals surface area contributed by atoms with E-state index in [1.54, 1.807) is 6.20 Å². The Balaban J connectivity index is 2.15. The van der Waals surface area contributed by atoms with Gasteiger partial charge in [-0.3, -0.25) is 9.78 Å². The van der Waals surface area contributed by atoms with Crippen LogP contribution < -0.4 is 5.32 Å². The first-order valence-electron chi connectivity index (χ1n) is 6.06. The number of benzene rings is 1. The normalized spacial score (nSPS) is 11.9. The van der Waals surface area contributed by atoms with Crippen molar-refractivity contribution in [3.8, 4) is 0 Å². The van der Waals surface area contributed by atoms with E-state index in [-0.39, 0.29) is 11.9 Å². The minimum Gasteiger partial charge on any atom is -0.344 e. The number of carbonyl (C=O) groups is 1. The lowest BCUT2D eigenvalue weighted by molar-refractivity contribution is 0.0938. The first kappa shape index (κ1) is 13.7. The van der Waals surface area contributed by atoms with Crippen LogP contribution in [0.1, 0.15) is 34.6 Å². The van der Waals surface area contributed by atoms with Crippen LogP contribution in [-0.4, -0.2) is 10.9 Å². The number of halogens is 1. The molecule has 1 unspecified atom stereocenters. The molecular weight excluding hydrogens is 304 g/mol. The van der Waals surface area contributed by atoms with Crippen molar-refractivity contribution in [2.75, 3.05) is 0 Å².